The lowest BCUT2D eigenvalue weighted by Gasteiger charge is -2.00. The first kappa shape index (κ1) is 18.3. The molecule has 0 bridgehead atoms. The van der Waals surface area contributed by atoms with Gasteiger partial charge < -0.3 is 10.2 Å². The molecule has 0 rings (SSSR count). The molecule has 2 heteroatoms. The number of hydrogen-bond acceptors (Lipinski definition) is 2. The Morgan fingerprint density at radius 1 is 0.688 bits per heavy atom. The molecule has 0 aromatic heterocycles. The highest BCUT2D eigenvalue weighted by molar-refractivity contribution is 4.46. The molecule has 2 N–H and O–H groups in total. The molecule has 0 saturated carbocycles. The van der Waals surface area contributed by atoms with E-state index in [4.69, 9.17) is 10.2 Å². The monoisotopic (exact) mass is 232 g/mol. The van der Waals surface area contributed by atoms with E-state index in [1.165, 1.54) is 38.5 Å². The number of aliphatic hydroxyl groups excluding tert-OH is 2. The standard InChI is InChI=1S/2C7H16O/c2*1-3-4-5-6-7(2)8/h2*7-8H,3-6H2,1-2H3. The molecular weight excluding hydrogens is 200 g/mol. The summed E-state index contributed by atoms with van der Waals surface area (Å²) in [6, 6.07) is 0. The Morgan fingerprint density at radius 3 is 1.19 bits per heavy atom. The fourth-order valence-corrected chi connectivity index (χ4v) is 1.38. The first-order chi connectivity index (χ1) is 7.54. The van der Waals surface area contributed by atoms with Gasteiger partial charge in [0.2, 0.25) is 0 Å². The van der Waals surface area contributed by atoms with Crippen LogP contribution in [-0.4, -0.2) is 22.4 Å². The largest absolute Gasteiger partial charge is 0.393 e. The van der Waals surface area contributed by atoms with Crippen LogP contribution >= 0.6 is 0 Å². The Labute approximate surface area is 102 Å². The Morgan fingerprint density at radius 2 is 1.00 bits per heavy atom. The second-order valence-corrected chi connectivity index (χ2v) is 4.69. The second kappa shape index (κ2) is 14.9. The van der Waals surface area contributed by atoms with Gasteiger partial charge in [0.1, 0.15) is 0 Å². The van der Waals surface area contributed by atoms with Gasteiger partial charge in [-0.05, 0) is 26.7 Å². The van der Waals surface area contributed by atoms with E-state index in [2.05, 4.69) is 13.8 Å². The molecule has 0 aliphatic carbocycles. The predicted octanol–water partition coefficient (Wildman–Crippen LogP) is 3.90. The summed E-state index contributed by atoms with van der Waals surface area (Å²) in [5.41, 5.74) is 0. The van der Waals surface area contributed by atoms with Crippen LogP contribution < -0.4 is 0 Å². The third-order valence-corrected chi connectivity index (χ3v) is 2.45. The molecule has 0 heterocycles. The number of aliphatic hydroxyl groups is 2. The minimum absolute atomic E-state index is 0.0958. The van der Waals surface area contributed by atoms with Crippen molar-refractivity contribution in [3.63, 3.8) is 0 Å². The molecule has 0 radical (unpaired) electrons. The van der Waals surface area contributed by atoms with Gasteiger partial charge in [0.25, 0.3) is 0 Å². The van der Waals surface area contributed by atoms with Crippen LogP contribution in [0.15, 0.2) is 0 Å². The summed E-state index contributed by atoms with van der Waals surface area (Å²) in [6.45, 7) is 8.02. The van der Waals surface area contributed by atoms with Crippen molar-refractivity contribution in [3.8, 4) is 0 Å². The molecule has 0 amide bonds. The molecule has 0 aromatic rings. The van der Waals surface area contributed by atoms with E-state index in [-0.39, 0.29) is 12.2 Å². The van der Waals surface area contributed by atoms with E-state index in [1.54, 1.807) is 0 Å². The first-order valence-corrected chi connectivity index (χ1v) is 6.90. The Hall–Kier alpha value is -0.0800. The molecule has 2 unspecified atom stereocenters. The lowest BCUT2D eigenvalue weighted by Crippen LogP contribution is -1.97. The summed E-state index contributed by atoms with van der Waals surface area (Å²) < 4.78 is 0. The molecule has 0 aliphatic rings. The molecule has 16 heavy (non-hydrogen) atoms. The van der Waals surface area contributed by atoms with E-state index in [0.29, 0.717) is 0 Å². The number of rotatable bonds is 8. The van der Waals surface area contributed by atoms with Crippen molar-refractivity contribution >= 4 is 0 Å². The molecular formula is C14H32O2. The van der Waals surface area contributed by atoms with Crippen LogP contribution in [0.3, 0.4) is 0 Å². The molecule has 100 valence electrons. The van der Waals surface area contributed by atoms with Gasteiger partial charge in [-0.15, -0.1) is 0 Å². The van der Waals surface area contributed by atoms with Gasteiger partial charge in [0.15, 0.2) is 0 Å². The second-order valence-electron chi connectivity index (χ2n) is 4.69. The fourth-order valence-electron chi connectivity index (χ4n) is 1.38. The zero-order valence-electron chi connectivity index (χ0n) is 11.7. The highest BCUT2D eigenvalue weighted by Gasteiger charge is 1.92. The number of unbranched alkanes of at least 4 members (excludes halogenated alkanes) is 4. The van der Waals surface area contributed by atoms with Gasteiger partial charge in [0, 0.05) is 0 Å². The molecule has 0 spiro atoms. The first-order valence-electron chi connectivity index (χ1n) is 6.90. The Balaban J connectivity index is 0. The van der Waals surface area contributed by atoms with E-state index in [9.17, 15) is 0 Å². The van der Waals surface area contributed by atoms with Crippen molar-refractivity contribution < 1.29 is 10.2 Å². The molecule has 0 saturated heterocycles. The van der Waals surface area contributed by atoms with Crippen LogP contribution in [0.2, 0.25) is 0 Å². The molecule has 0 aliphatic heterocycles. The van der Waals surface area contributed by atoms with Gasteiger partial charge in [-0.2, -0.15) is 0 Å². The maximum atomic E-state index is 8.78. The van der Waals surface area contributed by atoms with Crippen molar-refractivity contribution in [3.05, 3.63) is 0 Å². The van der Waals surface area contributed by atoms with Crippen LogP contribution in [0.4, 0.5) is 0 Å². The zero-order chi connectivity index (χ0) is 12.8. The zero-order valence-corrected chi connectivity index (χ0v) is 11.7. The van der Waals surface area contributed by atoms with E-state index < -0.39 is 0 Å². The van der Waals surface area contributed by atoms with Crippen LogP contribution in [-0.2, 0) is 0 Å². The summed E-state index contributed by atoms with van der Waals surface area (Å²) in [6.07, 6.45) is 9.09. The van der Waals surface area contributed by atoms with Gasteiger partial charge in [-0.25, -0.2) is 0 Å². The van der Waals surface area contributed by atoms with Crippen molar-refractivity contribution in [2.45, 2.75) is 91.3 Å². The molecule has 0 aromatic carbocycles. The summed E-state index contributed by atoms with van der Waals surface area (Å²) in [5, 5.41) is 17.6. The van der Waals surface area contributed by atoms with Crippen LogP contribution in [0, 0.1) is 0 Å². The van der Waals surface area contributed by atoms with E-state index in [0.717, 1.165) is 12.8 Å². The average Bonchev–Trinajstić information content (AvgIpc) is 2.18. The molecule has 0 fully saturated rings. The summed E-state index contributed by atoms with van der Waals surface area (Å²) in [5.74, 6) is 0. The third kappa shape index (κ3) is 23.6. The summed E-state index contributed by atoms with van der Waals surface area (Å²) >= 11 is 0. The minimum Gasteiger partial charge on any atom is -0.393 e. The smallest absolute Gasteiger partial charge is 0.0512 e. The van der Waals surface area contributed by atoms with Gasteiger partial charge in [0.05, 0.1) is 12.2 Å². The van der Waals surface area contributed by atoms with Crippen molar-refractivity contribution in [1.29, 1.82) is 0 Å². The minimum atomic E-state index is -0.0958. The summed E-state index contributed by atoms with van der Waals surface area (Å²) in [4.78, 5) is 0. The third-order valence-electron chi connectivity index (χ3n) is 2.45. The molecule has 2 atom stereocenters. The average molecular weight is 232 g/mol. The van der Waals surface area contributed by atoms with Crippen LogP contribution in [0.5, 0.6) is 0 Å². The summed E-state index contributed by atoms with van der Waals surface area (Å²) in [7, 11) is 0. The topological polar surface area (TPSA) is 40.5 Å². The Kier molecular flexibility index (Phi) is 17.1. The van der Waals surface area contributed by atoms with Crippen molar-refractivity contribution in [2.24, 2.45) is 0 Å². The van der Waals surface area contributed by atoms with Gasteiger partial charge in [-0.3, -0.25) is 0 Å². The number of hydrogen-bond donors (Lipinski definition) is 2. The van der Waals surface area contributed by atoms with Crippen molar-refractivity contribution in [2.75, 3.05) is 0 Å². The normalized spacial score (nSPS) is 13.9. The van der Waals surface area contributed by atoms with E-state index >= 15 is 0 Å². The maximum Gasteiger partial charge on any atom is 0.0512 e. The highest BCUT2D eigenvalue weighted by Crippen LogP contribution is 2.01. The van der Waals surface area contributed by atoms with E-state index in [1.807, 2.05) is 13.8 Å². The van der Waals surface area contributed by atoms with Crippen LogP contribution in [0.25, 0.3) is 0 Å². The highest BCUT2D eigenvalue weighted by atomic mass is 16.3. The lowest BCUT2D eigenvalue weighted by atomic mass is 10.1. The fraction of sp³-hybridized carbons (Fsp3) is 1.00. The molecule has 2 nitrogen and oxygen atoms in total. The lowest BCUT2D eigenvalue weighted by molar-refractivity contribution is 0.180. The van der Waals surface area contributed by atoms with Gasteiger partial charge in [-0.1, -0.05) is 52.4 Å². The maximum absolute atomic E-state index is 8.78. The quantitative estimate of drug-likeness (QED) is 0.623. The van der Waals surface area contributed by atoms with Gasteiger partial charge >= 0.3 is 0 Å². The Bertz CT molecular complexity index is 97.3. The van der Waals surface area contributed by atoms with Crippen molar-refractivity contribution in [1.82, 2.24) is 0 Å². The van der Waals surface area contributed by atoms with Crippen LogP contribution in [0.1, 0.15) is 79.1 Å². The predicted molar refractivity (Wildman–Crippen MR) is 71.6 cm³/mol. The SMILES string of the molecule is CCCCCC(C)O.CCCCCC(C)O.